The van der Waals surface area contributed by atoms with Crippen LogP contribution in [0.4, 0.5) is 0 Å². The number of hydrogen-bond acceptors (Lipinski definition) is 3. The molecule has 1 saturated heterocycles. The molecule has 0 spiro atoms. The number of aliphatic hydroxyl groups is 1. The minimum absolute atomic E-state index is 0.546. The van der Waals surface area contributed by atoms with Crippen LogP contribution in [0, 0.1) is 0 Å². The van der Waals surface area contributed by atoms with E-state index in [0.29, 0.717) is 31.7 Å². The quantitative estimate of drug-likeness (QED) is 0.872. The Balaban J connectivity index is 1.42. The molecule has 0 bridgehead atoms. The maximum atomic E-state index is 10.4. The second-order valence-electron chi connectivity index (χ2n) is 5.99. The second-order valence-corrected chi connectivity index (χ2v) is 5.99. The fourth-order valence-electron chi connectivity index (χ4n) is 3.04. The van der Waals surface area contributed by atoms with Crippen molar-refractivity contribution in [1.82, 2.24) is 5.32 Å². The second kappa shape index (κ2) is 5.61. The smallest absolute Gasteiger partial charge is 0.0815 e. The van der Waals surface area contributed by atoms with Crippen LogP contribution in [0.5, 0.6) is 0 Å². The van der Waals surface area contributed by atoms with Crippen LogP contribution in [-0.2, 0) is 4.74 Å². The van der Waals surface area contributed by atoms with Crippen LogP contribution in [0.2, 0.25) is 0 Å². The van der Waals surface area contributed by atoms with Crippen LogP contribution in [0.15, 0.2) is 30.3 Å². The summed E-state index contributed by atoms with van der Waals surface area (Å²) in [6, 6.07) is 11.3. The van der Waals surface area contributed by atoms with E-state index >= 15 is 0 Å². The molecule has 1 aliphatic carbocycles. The Morgan fingerprint density at radius 3 is 2.53 bits per heavy atom. The number of ether oxygens (including phenoxy) is 1. The Bertz CT molecular complexity index is 394. The van der Waals surface area contributed by atoms with Gasteiger partial charge in [0, 0.05) is 38.6 Å². The minimum atomic E-state index is -0.546. The molecule has 3 rings (SSSR count). The molecule has 0 aromatic heterocycles. The summed E-state index contributed by atoms with van der Waals surface area (Å²) in [5.41, 5.74) is 0.904. The zero-order valence-electron chi connectivity index (χ0n) is 11.3. The lowest BCUT2D eigenvalue weighted by molar-refractivity contribution is -0.0640. The summed E-state index contributed by atoms with van der Waals surface area (Å²) in [6.07, 6.45) is 3.90. The van der Waals surface area contributed by atoms with Crippen molar-refractivity contribution in [3.63, 3.8) is 0 Å². The van der Waals surface area contributed by atoms with Crippen molar-refractivity contribution in [1.29, 1.82) is 0 Å². The van der Waals surface area contributed by atoms with Crippen LogP contribution in [0.3, 0.4) is 0 Å². The lowest BCUT2D eigenvalue weighted by Gasteiger charge is -2.40. The maximum Gasteiger partial charge on any atom is 0.0815 e. The first-order chi connectivity index (χ1) is 9.25. The van der Waals surface area contributed by atoms with Gasteiger partial charge in [0.2, 0.25) is 0 Å². The molecule has 104 valence electrons. The summed E-state index contributed by atoms with van der Waals surface area (Å²) < 4.78 is 5.30. The zero-order valence-corrected chi connectivity index (χ0v) is 11.3. The highest BCUT2D eigenvalue weighted by atomic mass is 16.5. The summed E-state index contributed by atoms with van der Waals surface area (Å²) in [5.74, 6) is 0.697. The average Bonchev–Trinajstić information content (AvgIpc) is 2.39. The van der Waals surface area contributed by atoms with Gasteiger partial charge in [0.05, 0.1) is 5.60 Å². The van der Waals surface area contributed by atoms with Crippen molar-refractivity contribution in [3.8, 4) is 0 Å². The van der Waals surface area contributed by atoms with E-state index in [1.165, 1.54) is 18.4 Å². The van der Waals surface area contributed by atoms with Gasteiger partial charge in [0.1, 0.15) is 0 Å². The first kappa shape index (κ1) is 13.1. The van der Waals surface area contributed by atoms with Crippen LogP contribution in [-0.4, -0.2) is 36.5 Å². The van der Waals surface area contributed by atoms with Crippen LogP contribution in [0.25, 0.3) is 0 Å². The summed E-state index contributed by atoms with van der Waals surface area (Å²) >= 11 is 0. The van der Waals surface area contributed by atoms with E-state index in [1.807, 2.05) is 0 Å². The lowest BCUT2D eigenvalue weighted by Crippen LogP contribution is -2.50. The Morgan fingerprint density at radius 1 is 1.16 bits per heavy atom. The molecule has 2 fully saturated rings. The van der Waals surface area contributed by atoms with Crippen LogP contribution in [0.1, 0.15) is 37.2 Å². The van der Waals surface area contributed by atoms with Gasteiger partial charge in [-0.15, -0.1) is 0 Å². The van der Waals surface area contributed by atoms with Gasteiger partial charge in [0.15, 0.2) is 0 Å². The average molecular weight is 261 g/mol. The Hall–Kier alpha value is -0.900. The monoisotopic (exact) mass is 261 g/mol. The molecule has 1 aromatic rings. The van der Waals surface area contributed by atoms with Gasteiger partial charge in [-0.25, -0.2) is 0 Å². The SMILES string of the molecule is OC1(CNC2CC(c3ccccc3)C2)CCOCC1. The molecule has 3 heteroatoms. The molecule has 0 unspecified atom stereocenters. The largest absolute Gasteiger partial charge is 0.388 e. The topological polar surface area (TPSA) is 41.5 Å². The Labute approximate surface area is 115 Å². The van der Waals surface area contributed by atoms with Crippen molar-refractivity contribution >= 4 is 0 Å². The molecule has 3 nitrogen and oxygen atoms in total. The zero-order chi connectivity index (χ0) is 13.1. The highest BCUT2D eigenvalue weighted by Crippen LogP contribution is 2.37. The maximum absolute atomic E-state index is 10.4. The third-order valence-corrected chi connectivity index (χ3v) is 4.55. The molecule has 1 aliphatic heterocycles. The van der Waals surface area contributed by atoms with Crippen molar-refractivity contribution in [2.75, 3.05) is 19.8 Å². The first-order valence-electron chi connectivity index (χ1n) is 7.34. The molecule has 1 aromatic carbocycles. The third kappa shape index (κ3) is 3.16. The van der Waals surface area contributed by atoms with Crippen LogP contribution >= 0.6 is 0 Å². The van der Waals surface area contributed by atoms with Gasteiger partial charge in [-0.2, -0.15) is 0 Å². The van der Waals surface area contributed by atoms with E-state index < -0.39 is 5.60 Å². The van der Waals surface area contributed by atoms with E-state index in [2.05, 4.69) is 35.6 Å². The minimum Gasteiger partial charge on any atom is -0.388 e. The first-order valence-corrected chi connectivity index (χ1v) is 7.34. The summed E-state index contributed by atoms with van der Waals surface area (Å²) in [7, 11) is 0. The van der Waals surface area contributed by atoms with E-state index in [-0.39, 0.29) is 0 Å². The van der Waals surface area contributed by atoms with E-state index in [4.69, 9.17) is 4.74 Å². The number of benzene rings is 1. The van der Waals surface area contributed by atoms with Crippen molar-refractivity contribution in [2.45, 2.75) is 43.2 Å². The van der Waals surface area contributed by atoms with Gasteiger partial charge in [-0.3, -0.25) is 0 Å². The van der Waals surface area contributed by atoms with Gasteiger partial charge in [-0.1, -0.05) is 30.3 Å². The van der Waals surface area contributed by atoms with E-state index in [1.54, 1.807) is 0 Å². The highest BCUT2D eigenvalue weighted by molar-refractivity contribution is 5.22. The number of nitrogens with one attached hydrogen (secondary N) is 1. The molecule has 0 radical (unpaired) electrons. The van der Waals surface area contributed by atoms with Crippen LogP contribution < -0.4 is 5.32 Å². The molecule has 0 atom stereocenters. The number of hydrogen-bond donors (Lipinski definition) is 2. The molecule has 1 saturated carbocycles. The highest BCUT2D eigenvalue weighted by Gasteiger charge is 2.34. The Kier molecular flexibility index (Phi) is 3.87. The fourth-order valence-corrected chi connectivity index (χ4v) is 3.04. The standard InChI is InChI=1S/C16H23NO2/c18-16(6-8-19-9-7-16)12-17-15-10-14(11-15)13-4-2-1-3-5-13/h1-5,14-15,17-18H,6-12H2. The van der Waals surface area contributed by atoms with E-state index in [9.17, 15) is 5.11 Å². The number of rotatable bonds is 4. The Morgan fingerprint density at radius 2 is 1.84 bits per heavy atom. The third-order valence-electron chi connectivity index (χ3n) is 4.55. The van der Waals surface area contributed by atoms with Gasteiger partial charge < -0.3 is 15.2 Å². The van der Waals surface area contributed by atoms with E-state index in [0.717, 1.165) is 12.8 Å². The predicted octanol–water partition coefficient (Wildman–Crippen LogP) is 2.06. The van der Waals surface area contributed by atoms with Crippen molar-refractivity contribution < 1.29 is 9.84 Å². The normalized spacial score (nSPS) is 29.7. The van der Waals surface area contributed by atoms with Gasteiger partial charge in [0.25, 0.3) is 0 Å². The molecule has 2 aliphatic rings. The molecule has 2 N–H and O–H groups in total. The predicted molar refractivity (Wildman–Crippen MR) is 75.2 cm³/mol. The lowest BCUT2D eigenvalue weighted by atomic mass is 9.75. The molecule has 19 heavy (non-hydrogen) atoms. The molecule has 1 heterocycles. The van der Waals surface area contributed by atoms with Crippen molar-refractivity contribution in [3.05, 3.63) is 35.9 Å². The molecular weight excluding hydrogens is 238 g/mol. The summed E-state index contributed by atoms with van der Waals surface area (Å²) in [4.78, 5) is 0. The molecule has 0 amide bonds. The van der Waals surface area contributed by atoms with Gasteiger partial charge >= 0.3 is 0 Å². The summed E-state index contributed by atoms with van der Waals surface area (Å²) in [6.45, 7) is 2.09. The molecular formula is C16H23NO2. The van der Waals surface area contributed by atoms with Gasteiger partial charge in [-0.05, 0) is 24.3 Å². The summed E-state index contributed by atoms with van der Waals surface area (Å²) in [5, 5.41) is 13.9. The van der Waals surface area contributed by atoms with Crippen molar-refractivity contribution in [2.24, 2.45) is 0 Å². The fraction of sp³-hybridized carbons (Fsp3) is 0.625.